The zero-order chi connectivity index (χ0) is 20.1. The Morgan fingerprint density at radius 3 is 2.66 bits per heavy atom. The maximum Gasteiger partial charge on any atom is 0.250 e. The van der Waals surface area contributed by atoms with Crippen LogP contribution in [0.1, 0.15) is 18.7 Å². The Morgan fingerprint density at radius 1 is 1.24 bits per heavy atom. The van der Waals surface area contributed by atoms with E-state index < -0.39 is 10.0 Å². The third-order valence-electron chi connectivity index (χ3n) is 3.97. The number of para-hydroxylation sites is 1. The molecule has 7 nitrogen and oxygen atoms in total. The fourth-order valence-corrected chi connectivity index (χ4v) is 5.13. The molecule has 2 aromatic heterocycles. The van der Waals surface area contributed by atoms with Gasteiger partial charge in [0.2, 0.25) is 10.0 Å². The van der Waals surface area contributed by atoms with Gasteiger partial charge >= 0.3 is 0 Å². The van der Waals surface area contributed by atoms with E-state index in [1.54, 1.807) is 13.1 Å². The molecule has 3 N–H and O–H groups in total. The summed E-state index contributed by atoms with van der Waals surface area (Å²) >= 11 is 6.81. The van der Waals surface area contributed by atoms with Crippen LogP contribution in [0.3, 0.4) is 0 Å². The van der Waals surface area contributed by atoms with Gasteiger partial charge in [0, 0.05) is 25.5 Å². The summed E-state index contributed by atoms with van der Waals surface area (Å²) in [6.07, 6.45) is 0. The molecule has 0 spiro atoms. The molecule has 29 heavy (non-hydrogen) atoms. The van der Waals surface area contributed by atoms with Gasteiger partial charge in [0.15, 0.2) is 5.96 Å². The Morgan fingerprint density at radius 2 is 2.00 bits per heavy atom. The molecule has 3 rings (SSSR count). The minimum Gasteiger partial charge on any atom is -0.459 e. The van der Waals surface area contributed by atoms with Gasteiger partial charge < -0.3 is 15.1 Å². The molecule has 0 saturated carbocycles. The number of thiophene rings is 1. The SMILES string of the molecule is CN=C(NCCNS(=O)(=O)c1ccc(Cl)s1)NC(C)c1cc2ccccc2o1.I. The van der Waals surface area contributed by atoms with Crippen molar-refractivity contribution in [3.63, 3.8) is 0 Å². The van der Waals surface area contributed by atoms with E-state index in [0.29, 0.717) is 16.8 Å². The summed E-state index contributed by atoms with van der Waals surface area (Å²) in [7, 11) is -1.90. The van der Waals surface area contributed by atoms with E-state index in [0.717, 1.165) is 28.1 Å². The Hall–Kier alpha value is -1.34. The van der Waals surface area contributed by atoms with Gasteiger partial charge in [0.1, 0.15) is 15.6 Å². The summed E-state index contributed by atoms with van der Waals surface area (Å²) < 4.78 is 33.3. The lowest BCUT2D eigenvalue weighted by Crippen LogP contribution is -2.42. The fraction of sp³-hybridized carbons (Fsp3) is 0.278. The monoisotopic (exact) mass is 568 g/mol. The van der Waals surface area contributed by atoms with Crippen LogP contribution in [-0.4, -0.2) is 34.5 Å². The standard InChI is InChI=1S/C18H21ClN4O3S2.HI/c1-12(15-11-13-5-3-4-6-14(13)26-15)23-18(20-2)21-9-10-22-28(24,25)17-8-7-16(19)27-17;/h3-8,11-12,22H,9-10H2,1-2H3,(H2,20,21,23);1H. The van der Waals surface area contributed by atoms with Crippen LogP contribution in [-0.2, 0) is 10.0 Å². The second-order valence-electron chi connectivity index (χ2n) is 6.01. The van der Waals surface area contributed by atoms with Gasteiger partial charge in [-0.1, -0.05) is 29.8 Å². The van der Waals surface area contributed by atoms with Crippen molar-refractivity contribution in [1.82, 2.24) is 15.4 Å². The van der Waals surface area contributed by atoms with E-state index in [1.165, 1.54) is 6.07 Å². The summed E-state index contributed by atoms with van der Waals surface area (Å²) in [5.41, 5.74) is 0.831. The third-order valence-corrected chi connectivity index (χ3v) is 7.16. The first-order chi connectivity index (χ1) is 13.4. The van der Waals surface area contributed by atoms with Crippen molar-refractivity contribution in [3.8, 4) is 0 Å². The minimum atomic E-state index is -3.56. The lowest BCUT2D eigenvalue weighted by molar-refractivity contribution is 0.488. The lowest BCUT2D eigenvalue weighted by Gasteiger charge is -2.16. The predicted octanol–water partition coefficient (Wildman–Crippen LogP) is 3.97. The van der Waals surface area contributed by atoms with Crippen LogP contribution in [0.4, 0.5) is 0 Å². The summed E-state index contributed by atoms with van der Waals surface area (Å²) in [6, 6.07) is 12.7. The average Bonchev–Trinajstić information content (AvgIpc) is 3.30. The highest BCUT2D eigenvalue weighted by Gasteiger charge is 2.16. The van der Waals surface area contributed by atoms with Crippen LogP contribution in [0.25, 0.3) is 11.0 Å². The van der Waals surface area contributed by atoms with E-state index in [-0.39, 0.29) is 40.8 Å². The Bertz CT molecular complexity index is 1050. The molecule has 0 saturated heterocycles. The number of rotatable bonds is 7. The molecular weight excluding hydrogens is 547 g/mol. The number of halogens is 2. The highest BCUT2D eigenvalue weighted by Crippen LogP contribution is 2.25. The molecule has 1 unspecified atom stereocenters. The summed E-state index contributed by atoms with van der Waals surface area (Å²) in [4.78, 5) is 4.16. The fourth-order valence-electron chi connectivity index (χ4n) is 2.57. The number of sulfonamides is 1. The highest BCUT2D eigenvalue weighted by molar-refractivity contribution is 14.0. The molecule has 1 atom stereocenters. The number of hydrogen-bond donors (Lipinski definition) is 3. The molecule has 0 aliphatic carbocycles. The Balaban J connectivity index is 0.00000300. The van der Waals surface area contributed by atoms with Crippen LogP contribution < -0.4 is 15.4 Å². The first-order valence-electron chi connectivity index (χ1n) is 8.60. The molecule has 158 valence electrons. The molecule has 2 heterocycles. The van der Waals surface area contributed by atoms with Crippen molar-refractivity contribution in [2.45, 2.75) is 17.2 Å². The van der Waals surface area contributed by atoms with Gasteiger partial charge in [-0.25, -0.2) is 13.1 Å². The van der Waals surface area contributed by atoms with Crippen molar-refractivity contribution in [3.05, 3.63) is 52.6 Å². The summed E-state index contributed by atoms with van der Waals surface area (Å²) in [5.74, 6) is 1.34. The van der Waals surface area contributed by atoms with Gasteiger partial charge in [-0.2, -0.15) is 0 Å². The second kappa shape index (κ2) is 10.6. The molecule has 0 aliphatic rings. The number of fused-ring (bicyclic) bond motifs is 1. The van der Waals surface area contributed by atoms with E-state index in [9.17, 15) is 8.42 Å². The molecular formula is C18H22ClIN4O3S2. The van der Waals surface area contributed by atoms with Crippen molar-refractivity contribution >= 4 is 73.9 Å². The van der Waals surface area contributed by atoms with Crippen molar-refractivity contribution in [2.75, 3.05) is 20.1 Å². The van der Waals surface area contributed by atoms with Crippen molar-refractivity contribution < 1.29 is 12.8 Å². The van der Waals surface area contributed by atoms with Crippen molar-refractivity contribution in [1.29, 1.82) is 0 Å². The van der Waals surface area contributed by atoms with E-state index in [2.05, 4.69) is 20.3 Å². The zero-order valence-corrected chi connectivity index (χ0v) is 20.5. The molecule has 0 fully saturated rings. The van der Waals surface area contributed by atoms with Gasteiger partial charge in [0.25, 0.3) is 0 Å². The quantitative estimate of drug-likeness (QED) is 0.174. The molecule has 0 bridgehead atoms. The number of furan rings is 1. The molecule has 3 aromatic rings. The van der Waals surface area contributed by atoms with Crippen molar-refractivity contribution in [2.24, 2.45) is 4.99 Å². The van der Waals surface area contributed by atoms with Crippen LogP contribution in [0, 0.1) is 0 Å². The molecule has 0 amide bonds. The lowest BCUT2D eigenvalue weighted by atomic mass is 10.2. The number of benzene rings is 1. The van der Waals surface area contributed by atoms with Gasteiger partial charge in [-0.3, -0.25) is 4.99 Å². The van der Waals surface area contributed by atoms with Gasteiger partial charge in [-0.15, -0.1) is 35.3 Å². The zero-order valence-electron chi connectivity index (χ0n) is 15.8. The minimum absolute atomic E-state index is 0. The topological polar surface area (TPSA) is 95.7 Å². The summed E-state index contributed by atoms with van der Waals surface area (Å²) in [6.45, 7) is 2.54. The second-order valence-corrected chi connectivity index (χ2v) is 9.72. The smallest absolute Gasteiger partial charge is 0.250 e. The third kappa shape index (κ3) is 6.32. The first kappa shape index (κ1) is 23.9. The van der Waals surface area contributed by atoms with E-state index >= 15 is 0 Å². The van der Waals surface area contributed by atoms with E-state index in [4.69, 9.17) is 16.0 Å². The predicted molar refractivity (Wildman–Crippen MR) is 129 cm³/mol. The normalized spacial score (nSPS) is 13.1. The van der Waals surface area contributed by atoms with Crippen LogP contribution in [0.2, 0.25) is 4.34 Å². The number of hydrogen-bond acceptors (Lipinski definition) is 5. The molecule has 0 radical (unpaired) electrons. The average molecular weight is 569 g/mol. The Kier molecular flexibility index (Phi) is 8.76. The summed E-state index contributed by atoms with van der Waals surface area (Å²) in [5, 5.41) is 7.35. The number of aliphatic imine (C=N–C) groups is 1. The van der Waals surface area contributed by atoms with Gasteiger partial charge in [0.05, 0.1) is 10.4 Å². The highest BCUT2D eigenvalue weighted by atomic mass is 127. The molecule has 11 heteroatoms. The van der Waals surface area contributed by atoms with Crippen LogP contribution in [0.15, 0.2) is 56.1 Å². The van der Waals surface area contributed by atoms with Crippen LogP contribution >= 0.6 is 46.9 Å². The first-order valence-corrected chi connectivity index (χ1v) is 11.3. The van der Waals surface area contributed by atoms with E-state index in [1.807, 2.05) is 37.3 Å². The number of nitrogens with one attached hydrogen (secondary N) is 3. The van der Waals surface area contributed by atoms with Crippen LogP contribution in [0.5, 0.6) is 0 Å². The number of guanidine groups is 1. The molecule has 1 aromatic carbocycles. The molecule has 0 aliphatic heterocycles. The maximum absolute atomic E-state index is 12.2. The number of nitrogens with zero attached hydrogens (tertiary/aromatic N) is 1. The Labute approximate surface area is 196 Å². The largest absolute Gasteiger partial charge is 0.459 e. The van der Waals surface area contributed by atoms with Gasteiger partial charge in [-0.05, 0) is 31.2 Å². The maximum atomic E-state index is 12.2.